The fourth-order valence-corrected chi connectivity index (χ4v) is 5.01. The van der Waals surface area contributed by atoms with Crippen LogP contribution in [0.5, 0.6) is 0 Å². The maximum Gasteiger partial charge on any atom is 0.253 e. The van der Waals surface area contributed by atoms with Crippen LogP contribution in [0.1, 0.15) is 60.8 Å². The first-order chi connectivity index (χ1) is 16.3. The number of likely N-dealkylation sites (tertiary alicyclic amines) is 1. The highest BCUT2D eigenvalue weighted by Gasteiger charge is 2.27. The number of nitrogens with zero attached hydrogens (tertiary/aromatic N) is 4. The Balaban J connectivity index is 1.24. The molecule has 1 unspecified atom stereocenters. The van der Waals surface area contributed by atoms with Gasteiger partial charge in [-0.15, -0.1) is 0 Å². The minimum Gasteiger partial charge on any atom is -0.352 e. The van der Waals surface area contributed by atoms with Crippen LogP contribution in [-0.2, 0) is 16.1 Å². The van der Waals surface area contributed by atoms with Crippen molar-refractivity contribution >= 4 is 23.4 Å². The number of benzene rings is 1. The summed E-state index contributed by atoms with van der Waals surface area (Å²) in [6.07, 6.45) is 3.54. The van der Waals surface area contributed by atoms with Gasteiger partial charge in [0.15, 0.2) is 0 Å². The normalized spacial score (nSPS) is 17.8. The fourth-order valence-electron chi connectivity index (χ4n) is 5.01. The smallest absolute Gasteiger partial charge is 0.253 e. The number of rotatable bonds is 7. The first-order valence-corrected chi connectivity index (χ1v) is 12.3. The topological polar surface area (TPSA) is 87.5 Å². The van der Waals surface area contributed by atoms with Crippen LogP contribution in [0.4, 0.5) is 5.69 Å². The summed E-state index contributed by atoms with van der Waals surface area (Å²) in [6.45, 7) is 8.64. The number of hydrogen-bond donors (Lipinski definition) is 1. The lowest BCUT2D eigenvalue weighted by Gasteiger charge is -2.32. The maximum atomic E-state index is 13.1. The summed E-state index contributed by atoms with van der Waals surface area (Å²) in [5, 5.41) is 7.56. The number of amides is 3. The number of carbonyl (C=O) groups excluding carboxylic acids is 3. The highest BCUT2D eigenvalue weighted by Crippen LogP contribution is 2.25. The zero-order valence-corrected chi connectivity index (χ0v) is 20.4. The van der Waals surface area contributed by atoms with Gasteiger partial charge >= 0.3 is 0 Å². The molecule has 0 bridgehead atoms. The maximum absolute atomic E-state index is 13.1. The summed E-state index contributed by atoms with van der Waals surface area (Å²) in [6, 6.07) is 9.41. The first kappa shape index (κ1) is 24.0. The third kappa shape index (κ3) is 5.66. The molecule has 0 saturated carbocycles. The number of hydrogen-bond acceptors (Lipinski definition) is 4. The van der Waals surface area contributed by atoms with Gasteiger partial charge in [0.05, 0.1) is 12.2 Å². The quantitative estimate of drug-likeness (QED) is 0.681. The Kier molecular flexibility index (Phi) is 7.34. The summed E-state index contributed by atoms with van der Waals surface area (Å²) >= 11 is 0. The van der Waals surface area contributed by atoms with Crippen molar-refractivity contribution in [3.05, 3.63) is 47.3 Å². The standard InChI is InChI=1S/C26H35N5O3/c1-18-14-20(3)31(28-18)17-19(2)27-24(32)15-21-9-12-29(13-10-21)26(34)22-6-4-7-23(16-22)30-11-5-8-25(30)33/h4,6-7,14,16,19,21H,5,8-13,15,17H2,1-3H3,(H,27,32). The van der Waals surface area contributed by atoms with E-state index in [0.717, 1.165) is 36.3 Å². The molecule has 2 saturated heterocycles. The van der Waals surface area contributed by atoms with E-state index in [1.54, 1.807) is 4.90 Å². The van der Waals surface area contributed by atoms with Gasteiger partial charge in [-0.25, -0.2) is 0 Å². The van der Waals surface area contributed by atoms with E-state index in [1.165, 1.54) is 0 Å². The molecular formula is C26H35N5O3. The van der Waals surface area contributed by atoms with Crippen LogP contribution >= 0.6 is 0 Å². The number of nitrogens with one attached hydrogen (secondary N) is 1. The van der Waals surface area contributed by atoms with Gasteiger partial charge in [-0.1, -0.05) is 6.07 Å². The second-order valence-electron chi connectivity index (χ2n) is 9.72. The molecule has 1 aromatic heterocycles. The molecule has 2 aliphatic rings. The highest BCUT2D eigenvalue weighted by atomic mass is 16.2. The van der Waals surface area contributed by atoms with E-state index in [4.69, 9.17) is 0 Å². The summed E-state index contributed by atoms with van der Waals surface area (Å²) in [5.74, 6) is 0.447. The van der Waals surface area contributed by atoms with Crippen molar-refractivity contribution < 1.29 is 14.4 Å². The van der Waals surface area contributed by atoms with Crippen LogP contribution in [-0.4, -0.2) is 58.1 Å². The van der Waals surface area contributed by atoms with Gasteiger partial charge in [0.2, 0.25) is 11.8 Å². The number of carbonyl (C=O) groups is 3. The van der Waals surface area contributed by atoms with Gasteiger partial charge in [-0.2, -0.15) is 5.10 Å². The molecule has 2 fully saturated rings. The van der Waals surface area contributed by atoms with Gasteiger partial charge in [0.25, 0.3) is 5.91 Å². The van der Waals surface area contributed by atoms with Crippen molar-refractivity contribution in [1.82, 2.24) is 20.0 Å². The molecule has 2 aromatic rings. The third-order valence-electron chi connectivity index (χ3n) is 6.81. The van der Waals surface area contributed by atoms with E-state index < -0.39 is 0 Å². The van der Waals surface area contributed by atoms with Crippen LogP contribution in [0.2, 0.25) is 0 Å². The van der Waals surface area contributed by atoms with Crippen LogP contribution in [0.15, 0.2) is 30.3 Å². The number of aryl methyl sites for hydroxylation is 2. The van der Waals surface area contributed by atoms with Crippen LogP contribution in [0, 0.1) is 19.8 Å². The molecule has 1 N–H and O–H groups in total. The predicted molar refractivity (Wildman–Crippen MR) is 131 cm³/mol. The number of piperidine rings is 1. The molecule has 34 heavy (non-hydrogen) atoms. The van der Waals surface area contributed by atoms with E-state index in [0.29, 0.717) is 44.6 Å². The van der Waals surface area contributed by atoms with Crippen molar-refractivity contribution in [3.8, 4) is 0 Å². The lowest BCUT2D eigenvalue weighted by molar-refractivity contribution is -0.123. The second kappa shape index (κ2) is 10.4. The first-order valence-electron chi connectivity index (χ1n) is 12.3. The monoisotopic (exact) mass is 465 g/mol. The summed E-state index contributed by atoms with van der Waals surface area (Å²) in [7, 11) is 0. The Labute approximate surface area is 201 Å². The molecule has 3 amide bonds. The Hall–Kier alpha value is -3.16. The molecule has 0 radical (unpaired) electrons. The van der Waals surface area contributed by atoms with Crippen molar-refractivity contribution in [1.29, 1.82) is 0 Å². The zero-order chi connectivity index (χ0) is 24.2. The molecule has 2 aliphatic heterocycles. The minimum absolute atomic E-state index is 0.00179. The van der Waals surface area contributed by atoms with Crippen molar-refractivity contribution in [2.24, 2.45) is 5.92 Å². The molecule has 1 atom stereocenters. The molecule has 182 valence electrons. The van der Waals surface area contributed by atoms with Crippen LogP contribution in [0.3, 0.4) is 0 Å². The van der Waals surface area contributed by atoms with Crippen molar-refractivity contribution in [3.63, 3.8) is 0 Å². The van der Waals surface area contributed by atoms with Crippen LogP contribution in [0.25, 0.3) is 0 Å². The lowest BCUT2D eigenvalue weighted by atomic mass is 9.92. The second-order valence-corrected chi connectivity index (χ2v) is 9.72. The number of anilines is 1. The van der Waals surface area contributed by atoms with Gasteiger partial charge in [-0.05, 0) is 70.2 Å². The van der Waals surface area contributed by atoms with E-state index in [2.05, 4.69) is 10.4 Å². The molecule has 0 aliphatic carbocycles. The molecule has 1 aromatic carbocycles. The third-order valence-corrected chi connectivity index (χ3v) is 6.81. The fraction of sp³-hybridized carbons (Fsp3) is 0.538. The van der Waals surface area contributed by atoms with Crippen molar-refractivity contribution in [2.75, 3.05) is 24.5 Å². The molecular weight excluding hydrogens is 430 g/mol. The van der Waals surface area contributed by atoms with E-state index in [-0.39, 0.29) is 29.7 Å². The predicted octanol–water partition coefficient (Wildman–Crippen LogP) is 3.07. The van der Waals surface area contributed by atoms with Crippen molar-refractivity contribution in [2.45, 2.75) is 65.5 Å². The molecule has 3 heterocycles. The molecule has 8 nitrogen and oxygen atoms in total. The largest absolute Gasteiger partial charge is 0.352 e. The van der Waals surface area contributed by atoms with Gasteiger partial charge < -0.3 is 15.1 Å². The Morgan fingerprint density at radius 3 is 2.56 bits per heavy atom. The van der Waals surface area contributed by atoms with Crippen LogP contribution < -0.4 is 10.2 Å². The summed E-state index contributed by atoms with van der Waals surface area (Å²) in [4.78, 5) is 41.3. The summed E-state index contributed by atoms with van der Waals surface area (Å²) in [5.41, 5.74) is 3.49. The van der Waals surface area contributed by atoms with E-state index >= 15 is 0 Å². The zero-order valence-electron chi connectivity index (χ0n) is 20.4. The average Bonchev–Trinajstić information content (AvgIpc) is 3.37. The summed E-state index contributed by atoms with van der Waals surface area (Å²) < 4.78 is 1.93. The Morgan fingerprint density at radius 1 is 1.15 bits per heavy atom. The highest BCUT2D eigenvalue weighted by molar-refractivity contribution is 5.99. The van der Waals surface area contributed by atoms with E-state index in [9.17, 15) is 14.4 Å². The van der Waals surface area contributed by atoms with Gasteiger partial charge in [-0.3, -0.25) is 19.1 Å². The molecule has 0 spiro atoms. The Bertz CT molecular complexity index is 1050. The van der Waals surface area contributed by atoms with Gasteiger partial charge in [0, 0.05) is 55.5 Å². The molecule has 8 heteroatoms. The van der Waals surface area contributed by atoms with E-state index in [1.807, 2.05) is 60.7 Å². The minimum atomic E-state index is -0.00472. The lowest BCUT2D eigenvalue weighted by Crippen LogP contribution is -2.41. The number of aromatic nitrogens is 2. The molecule has 4 rings (SSSR count). The average molecular weight is 466 g/mol. The Morgan fingerprint density at radius 2 is 1.91 bits per heavy atom. The SMILES string of the molecule is Cc1cc(C)n(CC(C)NC(=O)CC2CCN(C(=O)c3cccc(N4CCCC4=O)c3)CC2)n1. The van der Waals surface area contributed by atoms with Gasteiger partial charge in [0.1, 0.15) is 0 Å².